The molecule has 0 radical (unpaired) electrons. The zero-order chi connectivity index (χ0) is 19.5. The number of rotatable bonds is 5. The van der Waals surface area contributed by atoms with Gasteiger partial charge in [0.1, 0.15) is 11.8 Å². The van der Waals surface area contributed by atoms with Crippen LogP contribution in [0.25, 0.3) is 22.3 Å². The maximum atomic E-state index is 12.8. The van der Waals surface area contributed by atoms with Gasteiger partial charge < -0.3 is 4.74 Å². The Morgan fingerprint density at radius 1 is 1.14 bits per heavy atom. The molecule has 0 fully saturated rings. The van der Waals surface area contributed by atoms with Gasteiger partial charge in [0.25, 0.3) is 0 Å². The van der Waals surface area contributed by atoms with Crippen molar-refractivity contribution in [3.8, 4) is 11.3 Å². The topological polar surface area (TPSA) is 69.9 Å². The molecule has 0 amide bonds. The van der Waals surface area contributed by atoms with Gasteiger partial charge in [-0.2, -0.15) is 5.10 Å². The molecule has 0 saturated carbocycles. The van der Waals surface area contributed by atoms with Crippen LogP contribution >= 0.6 is 11.6 Å². The molecular formula is C21H17ClN4O2. The summed E-state index contributed by atoms with van der Waals surface area (Å²) >= 11 is 5.79. The van der Waals surface area contributed by atoms with Gasteiger partial charge in [-0.05, 0) is 19.1 Å². The zero-order valence-electron chi connectivity index (χ0n) is 15.2. The van der Waals surface area contributed by atoms with Crippen molar-refractivity contribution in [3.05, 3.63) is 77.2 Å². The molecule has 0 aliphatic rings. The highest BCUT2D eigenvalue weighted by atomic mass is 35.5. The largest absolute Gasteiger partial charge is 0.457 e. The molecule has 0 spiro atoms. The van der Waals surface area contributed by atoms with E-state index in [1.165, 1.54) is 0 Å². The number of carbonyl (C=O) groups excluding carboxylic acids is 1. The van der Waals surface area contributed by atoms with Gasteiger partial charge in [0.15, 0.2) is 5.65 Å². The first-order valence-electron chi connectivity index (χ1n) is 8.85. The zero-order valence-corrected chi connectivity index (χ0v) is 15.9. The molecule has 0 atom stereocenters. The molecular weight excluding hydrogens is 376 g/mol. The molecule has 3 heterocycles. The molecule has 6 nitrogen and oxygen atoms in total. The fourth-order valence-electron chi connectivity index (χ4n) is 2.92. The average Bonchev–Trinajstić information content (AvgIpc) is 3.16. The SMILES string of the molecule is CCn1ncc2c(C(=O)OCc3ccc(Cl)nc3)cc(-c3ccccc3)nc21. The van der Waals surface area contributed by atoms with Gasteiger partial charge in [0.2, 0.25) is 0 Å². The third-order valence-electron chi connectivity index (χ3n) is 4.36. The monoisotopic (exact) mass is 392 g/mol. The summed E-state index contributed by atoms with van der Waals surface area (Å²) in [7, 11) is 0. The second-order valence-corrected chi connectivity index (χ2v) is 6.57. The van der Waals surface area contributed by atoms with Crippen molar-refractivity contribution in [2.24, 2.45) is 0 Å². The number of benzene rings is 1. The van der Waals surface area contributed by atoms with E-state index in [1.54, 1.807) is 35.3 Å². The normalized spacial score (nSPS) is 10.9. The fraction of sp³-hybridized carbons (Fsp3) is 0.143. The van der Waals surface area contributed by atoms with Gasteiger partial charge in [0, 0.05) is 23.9 Å². The lowest BCUT2D eigenvalue weighted by Crippen LogP contribution is -2.08. The lowest BCUT2D eigenvalue weighted by molar-refractivity contribution is 0.0474. The van der Waals surface area contributed by atoms with Crippen LogP contribution < -0.4 is 0 Å². The van der Waals surface area contributed by atoms with Crippen molar-refractivity contribution in [2.75, 3.05) is 0 Å². The summed E-state index contributed by atoms with van der Waals surface area (Å²) in [4.78, 5) is 21.6. The van der Waals surface area contributed by atoms with Crippen molar-refractivity contribution < 1.29 is 9.53 Å². The highest BCUT2D eigenvalue weighted by molar-refractivity contribution is 6.29. The van der Waals surface area contributed by atoms with E-state index < -0.39 is 5.97 Å². The quantitative estimate of drug-likeness (QED) is 0.369. The summed E-state index contributed by atoms with van der Waals surface area (Å²) in [6, 6.07) is 14.9. The predicted molar refractivity (Wildman–Crippen MR) is 107 cm³/mol. The Kier molecular flexibility index (Phi) is 5.04. The Morgan fingerprint density at radius 2 is 1.96 bits per heavy atom. The van der Waals surface area contributed by atoms with Crippen molar-refractivity contribution in [1.29, 1.82) is 0 Å². The van der Waals surface area contributed by atoms with E-state index in [-0.39, 0.29) is 6.61 Å². The minimum atomic E-state index is -0.435. The number of halogens is 1. The van der Waals surface area contributed by atoms with Crippen LogP contribution in [-0.2, 0) is 17.9 Å². The highest BCUT2D eigenvalue weighted by Crippen LogP contribution is 2.25. The van der Waals surface area contributed by atoms with Gasteiger partial charge >= 0.3 is 5.97 Å². The van der Waals surface area contributed by atoms with Crippen LogP contribution in [0, 0.1) is 0 Å². The standard InChI is InChI=1S/C21H17ClN4O2/c1-2-26-20-17(12-24-26)16(10-18(25-20)15-6-4-3-5-7-15)21(27)28-13-14-8-9-19(22)23-11-14/h3-12H,2,13H2,1H3. The van der Waals surface area contributed by atoms with E-state index >= 15 is 0 Å². The summed E-state index contributed by atoms with van der Waals surface area (Å²) in [5.74, 6) is -0.435. The average molecular weight is 393 g/mol. The molecule has 3 aromatic heterocycles. The first-order valence-corrected chi connectivity index (χ1v) is 9.23. The van der Waals surface area contributed by atoms with Crippen LogP contribution in [0.5, 0.6) is 0 Å². The summed E-state index contributed by atoms with van der Waals surface area (Å²) < 4.78 is 7.27. The van der Waals surface area contributed by atoms with E-state index in [0.29, 0.717) is 34.0 Å². The maximum absolute atomic E-state index is 12.8. The van der Waals surface area contributed by atoms with Crippen LogP contribution in [0.4, 0.5) is 0 Å². The van der Waals surface area contributed by atoms with Crippen molar-refractivity contribution >= 4 is 28.6 Å². The summed E-state index contributed by atoms with van der Waals surface area (Å²) in [6.45, 7) is 2.74. The summed E-state index contributed by atoms with van der Waals surface area (Å²) in [6.07, 6.45) is 3.24. The number of carbonyl (C=O) groups is 1. The van der Waals surface area contributed by atoms with Gasteiger partial charge in [-0.3, -0.25) is 0 Å². The van der Waals surface area contributed by atoms with Crippen molar-refractivity contribution in [2.45, 2.75) is 20.1 Å². The lowest BCUT2D eigenvalue weighted by Gasteiger charge is -2.09. The van der Waals surface area contributed by atoms with Crippen LogP contribution in [-0.4, -0.2) is 25.7 Å². The van der Waals surface area contributed by atoms with E-state index in [0.717, 1.165) is 11.1 Å². The van der Waals surface area contributed by atoms with E-state index in [4.69, 9.17) is 21.3 Å². The number of aromatic nitrogens is 4. The third-order valence-corrected chi connectivity index (χ3v) is 4.58. The summed E-state index contributed by atoms with van der Waals surface area (Å²) in [5, 5.41) is 5.40. The number of hydrogen-bond donors (Lipinski definition) is 0. The Labute approximate surface area is 166 Å². The number of pyridine rings is 2. The predicted octanol–water partition coefficient (Wildman–Crippen LogP) is 4.52. The molecule has 4 aromatic rings. The highest BCUT2D eigenvalue weighted by Gasteiger charge is 2.18. The second-order valence-electron chi connectivity index (χ2n) is 6.18. The van der Waals surface area contributed by atoms with Crippen LogP contribution in [0.2, 0.25) is 5.15 Å². The molecule has 140 valence electrons. The summed E-state index contributed by atoms with van der Waals surface area (Å²) in [5.41, 5.74) is 3.47. The number of hydrogen-bond acceptors (Lipinski definition) is 5. The number of ether oxygens (including phenoxy) is 1. The number of fused-ring (bicyclic) bond motifs is 1. The molecule has 0 aliphatic carbocycles. The minimum Gasteiger partial charge on any atom is -0.457 e. The third kappa shape index (κ3) is 3.59. The van der Waals surface area contributed by atoms with Gasteiger partial charge in [0.05, 0.1) is 22.8 Å². The Hall–Kier alpha value is -3.25. The number of aryl methyl sites for hydroxylation is 1. The Balaban J connectivity index is 1.71. The van der Waals surface area contributed by atoms with E-state index in [1.807, 2.05) is 37.3 Å². The van der Waals surface area contributed by atoms with Crippen LogP contribution in [0.3, 0.4) is 0 Å². The molecule has 0 bridgehead atoms. The second kappa shape index (κ2) is 7.78. The van der Waals surface area contributed by atoms with Crippen molar-refractivity contribution in [1.82, 2.24) is 19.7 Å². The van der Waals surface area contributed by atoms with Gasteiger partial charge in [-0.1, -0.05) is 48.0 Å². The fourth-order valence-corrected chi connectivity index (χ4v) is 3.04. The lowest BCUT2D eigenvalue weighted by atomic mass is 10.1. The number of nitrogens with zero attached hydrogens (tertiary/aromatic N) is 4. The van der Waals surface area contributed by atoms with E-state index in [9.17, 15) is 4.79 Å². The minimum absolute atomic E-state index is 0.107. The molecule has 0 N–H and O–H groups in total. The van der Waals surface area contributed by atoms with Crippen LogP contribution in [0.1, 0.15) is 22.8 Å². The number of esters is 1. The molecule has 28 heavy (non-hydrogen) atoms. The molecule has 4 rings (SSSR count). The smallest absolute Gasteiger partial charge is 0.339 e. The van der Waals surface area contributed by atoms with Crippen molar-refractivity contribution in [3.63, 3.8) is 0 Å². The van der Waals surface area contributed by atoms with Crippen LogP contribution in [0.15, 0.2) is 60.9 Å². The Morgan fingerprint density at radius 3 is 2.68 bits per heavy atom. The maximum Gasteiger partial charge on any atom is 0.339 e. The first kappa shape index (κ1) is 18.1. The molecule has 0 unspecified atom stereocenters. The van der Waals surface area contributed by atoms with Gasteiger partial charge in [-0.25, -0.2) is 19.4 Å². The molecule has 0 saturated heterocycles. The van der Waals surface area contributed by atoms with E-state index in [2.05, 4.69) is 10.1 Å². The molecule has 1 aromatic carbocycles. The molecule has 0 aliphatic heterocycles. The first-order chi connectivity index (χ1) is 13.7. The molecule has 7 heteroatoms. The van der Waals surface area contributed by atoms with Gasteiger partial charge in [-0.15, -0.1) is 0 Å². The Bertz CT molecular complexity index is 1120.